The van der Waals surface area contributed by atoms with Crippen molar-refractivity contribution in [1.29, 1.82) is 0 Å². The molecule has 0 bridgehead atoms. The molecule has 0 aromatic heterocycles. The molecule has 2 aromatic carbocycles. The average Bonchev–Trinajstić information content (AvgIpc) is 3.10. The van der Waals surface area contributed by atoms with E-state index < -0.39 is 17.7 Å². The van der Waals surface area contributed by atoms with Crippen LogP contribution in [0.3, 0.4) is 0 Å². The number of aliphatic carboxylic acids is 1. The molecule has 280 valence electrons. The Bertz CT molecular complexity index is 1490. The highest BCUT2D eigenvalue weighted by Gasteiger charge is 2.30. The van der Waals surface area contributed by atoms with Crippen LogP contribution in [0.4, 0.5) is 4.79 Å². The number of carboxylic acids is 1. The van der Waals surface area contributed by atoms with E-state index in [2.05, 4.69) is 5.32 Å². The number of carbonyl (C=O) groups excluding carboxylic acids is 3. The molecule has 2 saturated heterocycles. The Balaban J connectivity index is 1.34. The van der Waals surface area contributed by atoms with E-state index >= 15 is 0 Å². The van der Waals surface area contributed by atoms with Crippen LogP contribution in [0.15, 0.2) is 42.5 Å². The molecule has 3 amide bonds. The van der Waals surface area contributed by atoms with Crippen LogP contribution in [0.1, 0.15) is 80.8 Å². The van der Waals surface area contributed by atoms with Gasteiger partial charge in [0.05, 0.1) is 39.5 Å². The fourth-order valence-electron chi connectivity index (χ4n) is 6.39. The number of benzene rings is 2. The van der Waals surface area contributed by atoms with Crippen molar-refractivity contribution in [2.45, 2.75) is 77.5 Å². The van der Waals surface area contributed by atoms with E-state index in [9.17, 15) is 19.2 Å². The van der Waals surface area contributed by atoms with Gasteiger partial charge >= 0.3 is 12.1 Å². The summed E-state index contributed by atoms with van der Waals surface area (Å²) in [5, 5.41) is 11.9. The summed E-state index contributed by atoms with van der Waals surface area (Å²) < 4.78 is 22.8. The van der Waals surface area contributed by atoms with Crippen molar-refractivity contribution in [3.63, 3.8) is 0 Å². The second kappa shape index (κ2) is 18.8. The summed E-state index contributed by atoms with van der Waals surface area (Å²) in [6.07, 6.45) is 2.65. The summed E-state index contributed by atoms with van der Waals surface area (Å²) in [5.74, 6) is 0.0303. The molecule has 2 heterocycles. The highest BCUT2D eigenvalue weighted by molar-refractivity contribution is 5.94. The summed E-state index contributed by atoms with van der Waals surface area (Å²) in [6.45, 7) is 10.8. The van der Waals surface area contributed by atoms with E-state index in [1.54, 1.807) is 51.0 Å². The minimum atomic E-state index is -0.823. The van der Waals surface area contributed by atoms with Crippen molar-refractivity contribution in [2.24, 2.45) is 0 Å². The Hall–Kier alpha value is -4.36. The molecule has 1 unspecified atom stereocenters. The second-order valence-corrected chi connectivity index (χ2v) is 14.0. The topological polar surface area (TPSA) is 147 Å². The maximum Gasteiger partial charge on any atom is 0.411 e. The third kappa shape index (κ3) is 12.4. The predicted molar refractivity (Wildman–Crippen MR) is 191 cm³/mol. The normalized spacial score (nSPS) is 17.0. The maximum atomic E-state index is 13.8. The molecule has 0 saturated carbocycles. The first kappa shape index (κ1) is 39.4. The lowest BCUT2D eigenvalue weighted by molar-refractivity contribution is -0.139. The highest BCUT2D eigenvalue weighted by Crippen LogP contribution is 2.29. The molecule has 51 heavy (non-hydrogen) atoms. The van der Waals surface area contributed by atoms with Crippen molar-refractivity contribution in [3.05, 3.63) is 59.2 Å². The molecule has 4 rings (SSSR count). The van der Waals surface area contributed by atoms with Crippen LogP contribution in [0.5, 0.6) is 11.5 Å². The van der Waals surface area contributed by atoms with E-state index in [-0.39, 0.29) is 43.5 Å². The zero-order chi connectivity index (χ0) is 37.0. The first-order valence-electron chi connectivity index (χ1n) is 17.8. The van der Waals surface area contributed by atoms with Crippen LogP contribution < -0.4 is 14.8 Å². The third-order valence-corrected chi connectivity index (χ3v) is 8.94. The maximum absolute atomic E-state index is 13.8. The Labute approximate surface area is 301 Å². The zero-order valence-corrected chi connectivity index (χ0v) is 30.7. The van der Waals surface area contributed by atoms with E-state index in [1.165, 1.54) is 4.90 Å². The molecular weight excluding hydrogens is 656 g/mol. The van der Waals surface area contributed by atoms with Gasteiger partial charge in [-0.3, -0.25) is 24.2 Å². The number of hydrogen-bond acceptors (Lipinski definition) is 9. The van der Waals surface area contributed by atoms with Gasteiger partial charge in [0.15, 0.2) is 0 Å². The van der Waals surface area contributed by atoms with E-state index in [0.29, 0.717) is 63.0 Å². The largest absolute Gasteiger partial charge is 0.497 e. The van der Waals surface area contributed by atoms with Crippen LogP contribution in [-0.2, 0) is 25.6 Å². The fourth-order valence-corrected chi connectivity index (χ4v) is 6.39. The summed E-state index contributed by atoms with van der Waals surface area (Å²) in [6, 6.07) is 12.9. The lowest BCUT2D eigenvalue weighted by Crippen LogP contribution is -2.47. The zero-order valence-electron chi connectivity index (χ0n) is 30.7. The number of hydrogen-bond donors (Lipinski definition) is 2. The van der Waals surface area contributed by atoms with Gasteiger partial charge in [-0.2, -0.15) is 0 Å². The van der Waals surface area contributed by atoms with Gasteiger partial charge in [0.25, 0.3) is 5.91 Å². The van der Waals surface area contributed by atoms with Crippen LogP contribution in [-0.4, -0.2) is 122 Å². The van der Waals surface area contributed by atoms with Gasteiger partial charge in [-0.05, 0) is 83.2 Å². The molecule has 0 aliphatic carbocycles. The third-order valence-electron chi connectivity index (χ3n) is 8.94. The molecule has 13 heteroatoms. The number of amides is 3. The van der Waals surface area contributed by atoms with E-state index in [1.807, 2.05) is 36.1 Å². The Morgan fingerprint density at radius 1 is 1.02 bits per heavy atom. The number of carboxylic acid groups (broad SMARTS) is 1. The summed E-state index contributed by atoms with van der Waals surface area (Å²) >= 11 is 0. The first-order chi connectivity index (χ1) is 24.3. The summed E-state index contributed by atoms with van der Waals surface area (Å²) in [4.78, 5) is 56.2. The van der Waals surface area contributed by atoms with Crippen molar-refractivity contribution in [2.75, 3.05) is 66.1 Å². The molecule has 0 spiro atoms. The van der Waals surface area contributed by atoms with Gasteiger partial charge in [0, 0.05) is 55.8 Å². The van der Waals surface area contributed by atoms with E-state index in [4.69, 9.17) is 24.1 Å². The number of methoxy groups -OCH3 is 1. The number of nitrogens with one attached hydrogen (secondary N) is 1. The van der Waals surface area contributed by atoms with Crippen LogP contribution >= 0.6 is 0 Å². The number of rotatable bonds is 15. The van der Waals surface area contributed by atoms with Crippen molar-refractivity contribution in [1.82, 2.24) is 20.0 Å². The minimum absolute atomic E-state index is 0.0342. The Morgan fingerprint density at radius 3 is 2.47 bits per heavy atom. The summed E-state index contributed by atoms with van der Waals surface area (Å²) in [7, 11) is 1.57. The SMILES string of the molecule is CCOc1cc(OC)ccc1CN(CC(=O)N1CCCC(c2cccc(C(=O)NCCOC3CCN(CC(=O)O)CC3)c2)C1)C(=O)OC(C)(C)C. The van der Waals surface area contributed by atoms with Crippen LogP contribution in [0, 0.1) is 0 Å². The Kier molecular flexibility index (Phi) is 14.5. The number of carbonyl (C=O) groups is 4. The molecular formula is C38H54N4O9. The van der Waals surface area contributed by atoms with Crippen molar-refractivity contribution >= 4 is 23.9 Å². The predicted octanol–water partition coefficient (Wildman–Crippen LogP) is 4.53. The number of piperidine rings is 2. The van der Waals surface area contributed by atoms with Crippen LogP contribution in [0.25, 0.3) is 0 Å². The molecule has 13 nitrogen and oxygen atoms in total. The molecule has 2 aromatic rings. The number of ether oxygens (including phenoxy) is 4. The van der Waals surface area contributed by atoms with Crippen molar-refractivity contribution < 1.29 is 43.2 Å². The lowest BCUT2D eigenvalue weighted by Gasteiger charge is -2.35. The van der Waals surface area contributed by atoms with Gasteiger partial charge in [0.1, 0.15) is 23.6 Å². The molecule has 2 fully saturated rings. The Morgan fingerprint density at radius 2 is 1.78 bits per heavy atom. The minimum Gasteiger partial charge on any atom is -0.497 e. The monoisotopic (exact) mass is 710 g/mol. The van der Waals surface area contributed by atoms with Gasteiger partial charge in [-0.25, -0.2) is 4.79 Å². The molecule has 2 N–H and O–H groups in total. The number of likely N-dealkylation sites (tertiary alicyclic amines) is 2. The fraction of sp³-hybridized carbons (Fsp3) is 0.579. The van der Waals surface area contributed by atoms with Gasteiger partial charge in [-0.1, -0.05) is 12.1 Å². The molecule has 2 aliphatic rings. The number of nitrogens with zero attached hydrogens (tertiary/aromatic N) is 3. The highest BCUT2D eigenvalue weighted by atomic mass is 16.6. The summed E-state index contributed by atoms with van der Waals surface area (Å²) in [5.41, 5.74) is 1.50. The lowest BCUT2D eigenvalue weighted by atomic mass is 9.89. The second-order valence-electron chi connectivity index (χ2n) is 14.0. The van der Waals surface area contributed by atoms with Crippen LogP contribution in [0.2, 0.25) is 0 Å². The standard InChI is InChI=1S/C38H54N4O9/c1-6-49-33-22-32(48-5)13-12-30(33)24-42(37(47)51-38(2,3)4)25-34(43)41-17-8-11-29(23-41)27-9-7-10-28(21-27)36(46)39-16-20-50-31-14-18-40(19-15-31)26-35(44)45/h7,9-10,12-13,21-22,29,31H,6,8,11,14-20,23-26H2,1-5H3,(H,39,46)(H,44,45). The molecule has 2 aliphatic heterocycles. The first-order valence-corrected chi connectivity index (χ1v) is 17.8. The smallest absolute Gasteiger partial charge is 0.411 e. The van der Waals surface area contributed by atoms with E-state index in [0.717, 1.165) is 36.8 Å². The molecule has 0 radical (unpaired) electrons. The van der Waals surface area contributed by atoms with Gasteiger partial charge < -0.3 is 34.3 Å². The quantitative estimate of drug-likeness (QED) is 0.253. The molecule has 1 atom stereocenters. The van der Waals surface area contributed by atoms with Gasteiger partial charge in [0.2, 0.25) is 5.91 Å². The van der Waals surface area contributed by atoms with Crippen molar-refractivity contribution in [3.8, 4) is 11.5 Å². The average molecular weight is 711 g/mol. The van der Waals surface area contributed by atoms with Gasteiger partial charge in [-0.15, -0.1) is 0 Å².